The van der Waals surface area contributed by atoms with E-state index >= 15 is 0 Å². The van der Waals surface area contributed by atoms with E-state index in [0.29, 0.717) is 0 Å². The number of nitrogens with zero attached hydrogens (tertiary/aromatic N) is 4. The molecule has 2 aromatic heterocycles. The maximum atomic E-state index is 15.0. The third-order valence-corrected chi connectivity index (χ3v) is 12.9. The van der Waals surface area contributed by atoms with E-state index < -0.39 is 38.6 Å². The predicted octanol–water partition coefficient (Wildman–Crippen LogP) is 3.37. The van der Waals surface area contributed by atoms with Crippen LogP contribution in [0.1, 0.15) is 29.8 Å². The van der Waals surface area contributed by atoms with E-state index in [1.165, 1.54) is 22.1 Å². The Balaban J connectivity index is 1.65. The number of hydrogen-bond donors (Lipinski definition) is 1. The first-order valence-corrected chi connectivity index (χ1v) is 17.3. The molecule has 1 spiro atoms. The second kappa shape index (κ2) is 10.3. The van der Waals surface area contributed by atoms with Gasteiger partial charge in [-0.15, -0.1) is 23.1 Å². The second-order valence-corrected chi connectivity index (χ2v) is 15.7. The number of primary amides is 1. The zero-order chi connectivity index (χ0) is 31.9. The predicted molar refractivity (Wildman–Crippen MR) is 163 cm³/mol. The van der Waals surface area contributed by atoms with Crippen molar-refractivity contribution in [1.82, 2.24) is 14.5 Å². The van der Waals surface area contributed by atoms with Crippen molar-refractivity contribution in [1.29, 1.82) is 0 Å². The van der Waals surface area contributed by atoms with Crippen molar-refractivity contribution < 1.29 is 31.2 Å². The van der Waals surface area contributed by atoms with E-state index in [1.54, 1.807) is 23.6 Å². The summed E-state index contributed by atoms with van der Waals surface area (Å²) in [6.07, 6.45) is -3.67. The van der Waals surface area contributed by atoms with Gasteiger partial charge in [-0.25, -0.2) is 13.2 Å². The molecule has 2 N–H and O–H groups in total. The zero-order valence-electron chi connectivity index (χ0n) is 23.7. The number of benzene rings is 1. The van der Waals surface area contributed by atoms with Crippen LogP contribution in [0.5, 0.6) is 0 Å². The number of hydrogen-bond acceptors (Lipinski definition) is 9. The number of anilines is 1. The maximum Gasteiger partial charge on any atom is 0.417 e. The van der Waals surface area contributed by atoms with Crippen LogP contribution in [0.15, 0.2) is 39.9 Å². The number of amides is 2. The highest BCUT2D eigenvalue weighted by molar-refractivity contribution is 8.00. The molecule has 16 heteroatoms. The number of rotatable bonds is 4. The van der Waals surface area contributed by atoms with Crippen LogP contribution in [0.2, 0.25) is 0 Å². The number of halogens is 3. The standard InChI is InChI=1S/C28H28F3N5O5S3/c1-4-19(37)36-14(2)8-34(9-15(36)3)25-17-7-18(28(29,30)31)20(22-16(24(32)38)5-6-42-22)23-21(17)35(26(39)33-25)10-27(11-43-23)12-44(40,41)13-27/h4-7,14-15H,1,8-13H2,2-3H3,(H2,32,38)/t14-,15+. The Morgan fingerprint density at radius 2 is 1.86 bits per heavy atom. The summed E-state index contributed by atoms with van der Waals surface area (Å²) in [6.45, 7) is 7.50. The Kier molecular flexibility index (Phi) is 7.20. The molecule has 2 atom stereocenters. The van der Waals surface area contributed by atoms with E-state index in [-0.39, 0.29) is 92.5 Å². The fourth-order valence-corrected chi connectivity index (χ4v) is 11.7. The molecule has 0 bridgehead atoms. The Hall–Kier alpha value is -3.37. The zero-order valence-corrected chi connectivity index (χ0v) is 26.1. The third kappa shape index (κ3) is 4.90. The molecule has 0 aliphatic carbocycles. The monoisotopic (exact) mass is 667 g/mol. The van der Waals surface area contributed by atoms with Gasteiger partial charge in [0.15, 0.2) is 9.84 Å². The van der Waals surface area contributed by atoms with Gasteiger partial charge in [0, 0.05) is 63.6 Å². The number of carbonyl (C=O) groups excluding carboxylic acids is 2. The molecular weight excluding hydrogens is 640 g/mol. The van der Waals surface area contributed by atoms with Gasteiger partial charge < -0.3 is 15.5 Å². The van der Waals surface area contributed by atoms with E-state index in [0.717, 1.165) is 29.2 Å². The Morgan fingerprint density at radius 1 is 1.20 bits per heavy atom. The Bertz CT molecular complexity index is 1900. The summed E-state index contributed by atoms with van der Waals surface area (Å²) in [5.74, 6) is -1.42. The number of thiophene rings is 1. The number of piperazine rings is 1. The van der Waals surface area contributed by atoms with Crippen LogP contribution in [-0.2, 0) is 27.4 Å². The molecule has 3 aliphatic rings. The van der Waals surface area contributed by atoms with Gasteiger partial charge in [-0.1, -0.05) is 6.58 Å². The van der Waals surface area contributed by atoms with Gasteiger partial charge >= 0.3 is 11.9 Å². The van der Waals surface area contributed by atoms with Crippen LogP contribution >= 0.6 is 23.1 Å². The number of thioether (sulfide) groups is 1. The number of nitrogens with two attached hydrogens (primary N) is 1. The minimum absolute atomic E-state index is 0.0163. The topological polar surface area (TPSA) is 136 Å². The van der Waals surface area contributed by atoms with Crippen molar-refractivity contribution in [3.63, 3.8) is 0 Å². The van der Waals surface area contributed by atoms with Crippen LogP contribution in [0, 0.1) is 5.41 Å². The van der Waals surface area contributed by atoms with Gasteiger partial charge in [0.1, 0.15) is 5.82 Å². The first-order chi connectivity index (χ1) is 20.6. The van der Waals surface area contributed by atoms with Crippen LogP contribution in [0.3, 0.4) is 0 Å². The van der Waals surface area contributed by atoms with Crippen LogP contribution in [0.25, 0.3) is 21.3 Å². The normalized spacial score (nSPS) is 22.5. The van der Waals surface area contributed by atoms with Crippen molar-refractivity contribution in [3.05, 3.63) is 51.8 Å². The summed E-state index contributed by atoms with van der Waals surface area (Å²) in [5, 5.41) is 1.55. The highest BCUT2D eigenvalue weighted by Gasteiger charge is 2.51. The molecule has 2 amide bonds. The lowest BCUT2D eigenvalue weighted by atomic mass is 9.94. The molecule has 3 aliphatic heterocycles. The first kappa shape index (κ1) is 30.6. The van der Waals surface area contributed by atoms with E-state index in [4.69, 9.17) is 5.73 Å². The molecule has 3 aromatic rings. The molecular formula is C28H28F3N5O5S3. The Labute approximate surface area is 258 Å². The average molecular weight is 668 g/mol. The minimum Gasteiger partial charge on any atom is -0.366 e. The van der Waals surface area contributed by atoms with Gasteiger partial charge in [0.05, 0.1) is 28.1 Å². The molecule has 5 heterocycles. The number of aromatic nitrogens is 2. The molecule has 0 unspecified atom stereocenters. The van der Waals surface area contributed by atoms with Gasteiger partial charge in [0.2, 0.25) is 11.8 Å². The highest BCUT2D eigenvalue weighted by atomic mass is 32.2. The molecule has 234 valence electrons. The van der Waals surface area contributed by atoms with Crippen molar-refractivity contribution in [2.45, 2.75) is 43.5 Å². The smallest absolute Gasteiger partial charge is 0.366 e. The van der Waals surface area contributed by atoms with Gasteiger partial charge in [-0.3, -0.25) is 14.2 Å². The molecule has 6 rings (SSSR count). The minimum atomic E-state index is -4.88. The first-order valence-electron chi connectivity index (χ1n) is 13.6. The lowest BCUT2D eigenvalue weighted by Gasteiger charge is -2.44. The summed E-state index contributed by atoms with van der Waals surface area (Å²) < 4.78 is 70.8. The molecule has 1 aromatic carbocycles. The van der Waals surface area contributed by atoms with E-state index in [1.807, 2.05) is 0 Å². The third-order valence-electron chi connectivity index (χ3n) is 8.38. The van der Waals surface area contributed by atoms with Crippen molar-refractivity contribution in [2.75, 3.05) is 35.2 Å². The molecule has 0 saturated carbocycles. The maximum absolute atomic E-state index is 15.0. The molecule has 10 nitrogen and oxygen atoms in total. The van der Waals surface area contributed by atoms with Crippen molar-refractivity contribution in [3.8, 4) is 10.4 Å². The van der Waals surface area contributed by atoms with E-state index in [2.05, 4.69) is 11.6 Å². The van der Waals surface area contributed by atoms with Gasteiger partial charge in [-0.05, 0) is 37.4 Å². The lowest BCUT2D eigenvalue weighted by Crippen LogP contribution is -2.59. The SMILES string of the molecule is C=CC(=O)N1[C@H](C)CN(c2nc(=O)n3c4c(c(-c5sccc5C(N)=O)c(C(F)(F)F)cc24)SCC2(C3)CS(=O)(=O)C2)C[C@@H]1C. The quantitative estimate of drug-likeness (QED) is 0.419. The van der Waals surface area contributed by atoms with Gasteiger partial charge in [0.25, 0.3) is 0 Å². The molecule has 2 fully saturated rings. The van der Waals surface area contributed by atoms with Gasteiger partial charge in [-0.2, -0.15) is 18.2 Å². The van der Waals surface area contributed by atoms with Crippen molar-refractivity contribution in [2.24, 2.45) is 11.1 Å². The summed E-state index contributed by atoms with van der Waals surface area (Å²) in [7, 11) is -3.37. The summed E-state index contributed by atoms with van der Waals surface area (Å²) in [5.41, 5.74) is 2.77. The summed E-state index contributed by atoms with van der Waals surface area (Å²) in [4.78, 5) is 46.4. The fourth-order valence-electron chi connectivity index (χ4n) is 6.77. The average Bonchev–Trinajstić information content (AvgIpc) is 3.33. The second-order valence-electron chi connectivity index (χ2n) is 11.7. The van der Waals surface area contributed by atoms with Crippen LogP contribution in [0.4, 0.5) is 19.0 Å². The van der Waals surface area contributed by atoms with E-state index in [9.17, 15) is 36.0 Å². The molecule has 44 heavy (non-hydrogen) atoms. The summed E-state index contributed by atoms with van der Waals surface area (Å²) >= 11 is 1.98. The van der Waals surface area contributed by atoms with Crippen LogP contribution in [-0.4, -0.2) is 77.1 Å². The number of carbonyl (C=O) groups is 2. The van der Waals surface area contributed by atoms with Crippen LogP contribution < -0.4 is 16.3 Å². The van der Waals surface area contributed by atoms with Crippen molar-refractivity contribution >= 4 is 61.5 Å². The lowest BCUT2D eigenvalue weighted by molar-refractivity contribution is -0.137. The Morgan fingerprint density at radius 3 is 2.43 bits per heavy atom. The largest absolute Gasteiger partial charge is 0.417 e. The molecule has 2 saturated heterocycles. The highest BCUT2D eigenvalue weighted by Crippen LogP contribution is 2.53. The number of alkyl halides is 3. The summed E-state index contributed by atoms with van der Waals surface area (Å²) in [6, 6.07) is 1.58. The molecule has 0 radical (unpaired) electrons. The number of sulfone groups is 1. The fraction of sp³-hybridized carbons (Fsp3) is 0.429.